The van der Waals surface area contributed by atoms with Crippen molar-refractivity contribution in [2.24, 2.45) is 0 Å². The number of halogens is 4. The van der Waals surface area contributed by atoms with Crippen molar-refractivity contribution in [1.82, 2.24) is 0 Å². The maximum Gasteiger partial charge on any atom is 0.573 e. The summed E-state index contributed by atoms with van der Waals surface area (Å²) in [7, 11) is 0.981. The second-order valence-corrected chi connectivity index (χ2v) is 4.67. The summed E-state index contributed by atoms with van der Waals surface area (Å²) >= 11 is 0. The average Bonchev–Trinajstić information content (AvgIpc) is 2.55. The molecule has 2 aromatic carbocycles. The Morgan fingerprint density at radius 2 is 1.69 bits per heavy atom. The van der Waals surface area contributed by atoms with Crippen molar-refractivity contribution in [3.05, 3.63) is 57.9 Å². The maximum absolute atomic E-state index is 14.0. The summed E-state index contributed by atoms with van der Waals surface area (Å²) in [5.41, 5.74) is -1.37. The van der Waals surface area contributed by atoms with Gasteiger partial charge in [0.2, 0.25) is 0 Å². The third kappa shape index (κ3) is 4.59. The predicted octanol–water partition coefficient (Wildman–Crippen LogP) is 4.21. The van der Waals surface area contributed by atoms with Gasteiger partial charge in [0.15, 0.2) is 11.6 Å². The average molecular weight is 375 g/mol. The molecule has 0 fully saturated rings. The van der Waals surface area contributed by atoms with Crippen LogP contribution in [0, 0.1) is 15.9 Å². The SMILES string of the molecule is COC(=O)c1cc(Oc2ccc(OC(F)(F)F)cc2)c(F)cc1[N+](=O)[O-]. The van der Waals surface area contributed by atoms with Gasteiger partial charge in [-0.1, -0.05) is 0 Å². The summed E-state index contributed by atoms with van der Waals surface area (Å²) in [6.45, 7) is 0. The third-order valence-corrected chi connectivity index (χ3v) is 2.94. The molecule has 0 saturated heterocycles. The van der Waals surface area contributed by atoms with E-state index in [9.17, 15) is 32.5 Å². The Balaban J connectivity index is 2.31. The zero-order chi connectivity index (χ0) is 19.5. The monoisotopic (exact) mass is 375 g/mol. The number of ether oxygens (including phenoxy) is 3. The van der Waals surface area contributed by atoms with Crippen molar-refractivity contribution in [1.29, 1.82) is 0 Å². The topological polar surface area (TPSA) is 87.9 Å². The molecule has 0 spiro atoms. The molecule has 0 aliphatic heterocycles. The molecule has 0 bridgehead atoms. The Morgan fingerprint density at radius 1 is 1.12 bits per heavy atom. The lowest BCUT2D eigenvalue weighted by molar-refractivity contribution is -0.385. The number of nitro benzene ring substituents is 1. The highest BCUT2D eigenvalue weighted by atomic mass is 19.4. The van der Waals surface area contributed by atoms with Crippen molar-refractivity contribution < 1.29 is 41.5 Å². The molecular formula is C15H9F4NO6. The number of hydrogen-bond donors (Lipinski definition) is 0. The van der Waals surface area contributed by atoms with Gasteiger partial charge in [-0.3, -0.25) is 10.1 Å². The number of esters is 1. The summed E-state index contributed by atoms with van der Waals surface area (Å²) in [6, 6.07) is 5.20. The van der Waals surface area contributed by atoms with Gasteiger partial charge in [0, 0.05) is 6.07 Å². The number of carbonyl (C=O) groups excluding carboxylic acids is 1. The quantitative estimate of drug-likeness (QED) is 0.337. The smallest absolute Gasteiger partial charge is 0.465 e. The molecular weight excluding hydrogens is 366 g/mol. The first-order chi connectivity index (χ1) is 12.1. The minimum atomic E-state index is -4.87. The molecule has 0 N–H and O–H groups in total. The summed E-state index contributed by atoms with van der Waals surface area (Å²) in [6.07, 6.45) is -4.87. The zero-order valence-electron chi connectivity index (χ0n) is 12.9. The molecule has 11 heteroatoms. The highest BCUT2D eigenvalue weighted by Gasteiger charge is 2.31. The minimum absolute atomic E-state index is 0.0944. The number of methoxy groups -OCH3 is 1. The molecule has 0 radical (unpaired) electrons. The first kappa shape index (κ1) is 19.0. The number of alkyl halides is 3. The number of nitro groups is 1. The fourth-order valence-electron chi connectivity index (χ4n) is 1.88. The molecule has 2 rings (SSSR count). The third-order valence-electron chi connectivity index (χ3n) is 2.94. The Labute approximate surface area is 142 Å². The molecule has 138 valence electrons. The second-order valence-electron chi connectivity index (χ2n) is 4.67. The molecule has 0 aromatic heterocycles. The van der Waals surface area contributed by atoms with Crippen LogP contribution in [-0.2, 0) is 4.74 Å². The number of hydrogen-bond acceptors (Lipinski definition) is 6. The summed E-state index contributed by atoms with van der Waals surface area (Å²) < 4.78 is 63.5. The molecule has 0 heterocycles. The van der Waals surface area contributed by atoms with Crippen molar-refractivity contribution in [2.75, 3.05) is 7.11 Å². The highest BCUT2D eigenvalue weighted by molar-refractivity contribution is 5.94. The summed E-state index contributed by atoms with van der Waals surface area (Å²) in [5.74, 6) is -3.41. The Kier molecular flexibility index (Phi) is 5.29. The van der Waals surface area contributed by atoms with E-state index < -0.39 is 45.8 Å². The van der Waals surface area contributed by atoms with Gasteiger partial charge in [-0.2, -0.15) is 0 Å². The first-order valence-corrected chi connectivity index (χ1v) is 6.70. The number of carbonyl (C=O) groups is 1. The van der Waals surface area contributed by atoms with Crippen LogP contribution >= 0.6 is 0 Å². The lowest BCUT2D eigenvalue weighted by atomic mass is 10.1. The van der Waals surface area contributed by atoms with Crippen LogP contribution in [-0.4, -0.2) is 24.4 Å². The van der Waals surface area contributed by atoms with E-state index in [4.69, 9.17) is 4.74 Å². The summed E-state index contributed by atoms with van der Waals surface area (Å²) in [4.78, 5) is 21.5. The van der Waals surface area contributed by atoms with E-state index in [0.29, 0.717) is 6.07 Å². The Bertz CT molecular complexity index is 835. The molecule has 26 heavy (non-hydrogen) atoms. The van der Waals surface area contributed by atoms with Crippen LogP contribution in [0.2, 0.25) is 0 Å². The van der Waals surface area contributed by atoms with Gasteiger partial charge in [0.25, 0.3) is 5.69 Å². The summed E-state index contributed by atoms with van der Waals surface area (Å²) in [5, 5.41) is 10.9. The van der Waals surface area contributed by atoms with E-state index in [1.807, 2.05) is 0 Å². The van der Waals surface area contributed by atoms with Crippen molar-refractivity contribution in [3.63, 3.8) is 0 Å². The van der Waals surface area contributed by atoms with Gasteiger partial charge in [-0.25, -0.2) is 9.18 Å². The fraction of sp³-hybridized carbons (Fsp3) is 0.133. The first-order valence-electron chi connectivity index (χ1n) is 6.70. The van der Waals surface area contributed by atoms with Gasteiger partial charge < -0.3 is 14.2 Å². The van der Waals surface area contributed by atoms with E-state index in [1.54, 1.807) is 0 Å². The molecule has 0 atom stereocenters. The lowest BCUT2D eigenvalue weighted by Crippen LogP contribution is -2.16. The second kappa shape index (κ2) is 7.25. The number of nitrogens with zero attached hydrogens (tertiary/aromatic N) is 1. The largest absolute Gasteiger partial charge is 0.573 e. The van der Waals surface area contributed by atoms with Crippen molar-refractivity contribution >= 4 is 11.7 Å². The zero-order valence-corrected chi connectivity index (χ0v) is 12.9. The van der Waals surface area contributed by atoms with E-state index >= 15 is 0 Å². The van der Waals surface area contributed by atoms with Crippen LogP contribution < -0.4 is 9.47 Å². The maximum atomic E-state index is 14.0. The van der Waals surface area contributed by atoms with Gasteiger partial charge >= 0.3 is 12.3 Å². The van der Waals surface area contributed by atoms with Crippen LogP contribution in [0.1, 0.15) is 10.4 Å². The van der Waals surface area contributed by atoms with Crippen LogP contribution in [0.5, 0.6) is 17.2 Å². The fourth-order valence-corrected chi connectivity index (χ4v) is 1.88. The Hall–Kier alpha value is -3.37. The van der Waals surface area contributed by atoms with Gasteiger partial charge in [-0.15, -0.1) is 13.2 Å². The van der Waals surface area contributed by atoms with Crippen LogP contribution in [0.25, 0.3) is 0 Å². The van der Waals surface area contributed by atoms with Gasteiger partial charge in [0.1, 0.15) is 17.1 Å². The molecule has 0 saturated carbocycles. The van der Waals surface area contributed by atoms with Crippen molar-refractivity contribution in [3.8, 4) is 17.2 Å². The molecule has 0 unspecified atom stereocenters. The van der Waals surface area contributed by atoms with E-state index in [1.165, 1.54) is 0 Å². The number of rotatable bonds is 5. The molecule has 2 aromatic rings. The highest BCUT2D eigenvalue weighted by Crippen LogP contribution is 2.32. The van der Waals surface area contributed by atoms with Crippen LogP contribution in [0.15, 0.2) is 36.4 Å². The van der Waals surface area contributed by atoms with Gasteiger partial charge in [0.05, 0.1) is 18.1 Å². The van der Waals surface area contributed by atoms with Crippen molar-refractivity contribution in [2.45, 2.75) is 6.36 Å². The predicted molar refractivity (Wildman–Crippen MR) is 77.6 cm³/mol. The number of benzene rings is 2. The van der Waals surface area contributed by atoms with E-state index in [0.717, 1.165) is 37.4 Å². The standard InChI is InChI=1S/C15H9F4NO6/c1-24-14(21)10-6-13(11(16)7-12(10)20(22)23)25-8-2-4-9(5-3-8)26-15(17,18)19/h2-7H,1H3. The molecule has 0 aliphatic rings. The molecule has 0 amide bonds. The Morgan fingerprint density at radius 3 is 2.19 bits per heavy atom. The molecule has 7 nitrogen and oxygen atoms in total. The van der Waals surface area contributed by atoms with E-state index in [2.05, 4.69) is 9.47 Å². The van der Waals surface area contributed by atoms with E-state index in [-0.39, 0.29) is 5.75 Å². The van der Waals surface area contributed by atoms with Crippen LogP contribution in [0.4, 0.5) is 23.2 Å². The van der Waals surface area contributed by atoms with Gasteiger partial charge in [-0.05, 0) is 24.3 Å². The van der Waals surface area contributed by atoms with Crippen LogP contribution in [0.3, 0.4) is 0 Å². The molecule has 0 aliphatic carbocycles. The lowest BCUT2D eigenvalue weighted by Gasteiger charge is -2.11. The minimum Gasteiger partial charge on any atom is -0.465 e. The normalized spacial score (nSPS) is 11.0.